The predicted octanol–water partition coefficient (Wildman–Crippen LogP) is 4.33. The average molecular weight is 763 g/mol. The number of hydroxylamine groups is 1. The van der Waals surface area contributed by atoms with Crippen LogP contribution >= 0.6 is 0 Å². The standard InChI is InChI=1S/C42H46N6O8/c49-36-18-16-35(40(51)45-36)48-41(52)32-7-5-9-34(39(32)42(48)53)43-20-24-54-25-22-47(21-19-30-26-44-33-8-2-1-6-31(30)33)27-29-13-11-28(12-14-29)15-17-37(50)46-56-38-10-3-4-23-55-38/h1-2,5-9,11-15,17,26,35,38,43-44H,3-4,10,16,18-25,27H2,(H,46,50)(H,45,49,51)/b17-15+. The molecule has 292 valence electrons. The molecule has 0 saturated carbocycles. The average Bonchev–Trinajstić information content (AvgIpc) is 3.74. The molecule has 3 aromatic carbocycles. The van der Waals surface area contributed by atoms with Crippen molar-refractivity contribution >= 4 is 52.2 Å². The molecule has 4 heterocycles. The Morgan fingerprint density at radius 1 is 0.946 bits per heavy atom. The molecule has 2 fully saturated rings. The number of carbonyl (C=O) groups is 5. The first-order chi connectivity index (χ1) is 27.3. The third-order valence-electron chi connectivity index (χ3n) is 10.2. The second-order valence-electron chi connectivity index (χ2n) is 14.1. The highest BCUT2D eigenvalue weighted by atomic mass is 16.8. The number of hydrogen-bond donors (Lipinski definition) is 4. The van der Waals surface area contributed by atoms with Crippen LogP contribution in [0.25, 0.3) is 17.0 Å². The Morgan fingerprint density at radius 2 is 1.80 bits per heavy atom. The van der Waals surface area contributed by atoms with E-state index in [2.05, 4.69) is 56.5 Å². The van der Waals surface area contributed by atoms with Gasteiger partial charge in [-0.25, -0.2) is 10.3 Å². The van der Waals surface area contributed by atoms with E-state index in [1.807, 2.05) is 24.3 Å². The van der Waals surface area contributed by atoms with Gasteiger partial charge in [-0.3, -0.25) is 39.1 Å². The fraction of sp³-hybridized carbons (Fsp3) is 0.357. The maximum atomic E-state index is 13.4. The Morgan fingerprint density at radius 3 is 2.62 bits per heavy atom. The minimum absolute atomic E-state index is 0.0612. The minimum atomic E-state index is -1.02. The Hall–Kier alpha value is -5.67. The van der Waals surface area contributed by atoms with E-state index in [-0.39, 0.29) is 29.9 Å². The molecule has 5 amide bonds. The van der Waals surface area contributed by atoms with Gasteiger partial charge in [-0.2, -0.15) is 0 Å². The van der Waals surface area contributed by atoms with Gasteiger partial charge in [0.05, 0.1) is 24.3 Å². The lowest BCUT2D eigenvalue weighted by Crippen LogP contribution is -2.54. The molecule has 2 unspecified atom stereocenters. The topological polar surface area (TPSA) is 171 Å². The SMILES string of the molecule is O=C(/C=C/c1ccc(CN(CCOCCNc2cccc3c2C(=O)N(C2CCC(=O)NC2=O)C3=O)CCc2c[nH]c3ccccc23)cc1)NOC1CCCCO1. The minimum Gasteiger partial charge on any atom is -0.382 e. The number of carbonyl (C=O) groups excluding carboxylic acids is 5. The summed E-state index contributed by atoms with van der Waals surface area (Å²) in [4.78, 5) is 75.0. The van der Waals surface area contributed by atoms with Crippen LogP contribution < -0.4 is 16.1 Å². The van der Waals surface area contributed by atoms with Gasteiger partial charge in [0.15, 0.2) is 6.29 Å². The van der Waals surface area contributed by atoms with Gasteiger partial charge in [0.1, 0.15) is 6.04 Å². The number of rotatable bonds is 17. The molecular weight excluding hydrogens is 716 g/mol. The maximum Gasteiger partial charge on any atom is 0.267 e. The number of anilines is 1. The number of benzene rings is 3. The number of hydrogen-bond acceptors (Lipinski definition) is 10. The van der Waals surface area contributed by atoms with Crippen molar-refractivity contribution in [2.75, 3.05) is 44.8 Å². The molecule has 0 spiro atoms. The molecule has 4 aromatic rings. The number of piperidine rings is 1. The van der Waals surface area contributed by atoms with Crippen LogP contribution in [0.1, 0.15) is 69.5 Å². The van der Waals surface area contributed by atoms with Gasteiger partial charge in [0.25, 0.3) is 17.7 Å². The fourth-order valence-electron chi connectivity index (χ4n) is 7.23. The van der Waals surface area contributed by atoms with E-state index in [4.69, 9.17) is 14.3 Å². The van der Waals surface area contributed by atoms with E-state index < -0.39 is 36.0 Å². The summed E-state index contributed by atoms with van der Waals surface area (Å²) < 4.78 is 11.5. The van der Waals surface area contributed by atoms with Crippen molar-refractivity contribution in [3.05, 3.63) is 107 Å². The number of imide groups is 2. The third kappa shape index (κ3) is 9.40. The first-order valence-electron chi connectivity index (χ1n) is 19.1. The van der Waals surface area contributed by atoms with E-state index >= 15 is 0 Å². The molecule has 56 heavy (non-hydrogen) atoms. The van der Waals surface area contributed by atoms with Crippen LogP contribution in [0.3, 0.4) is 0 Å². The lowest BCUT2D eigenvalue weighted by molar-refractivity contribution is -0.198. The highest BCUT2D eigenvalue weighted by Crippen LogP contribution is 2.32. The second kappa shape index (κ2) is 18.3. The molecule has 7 rings (SSSR count). The molecule has 3 aliphatic rings. The summed E-state index contributed by atoms with van der Waals surface area (Å²) in [6.07, 6.45) is 8.62. The zero-order valence-electron chi connectivity index (χ0n) is 31.1. The van der Waals surface area contributed by atoms with E-state index in [1.165, 1.54) is 17.0 Å². The first-order valence-corrected chi connectivity index (χ1v) is 19.1. The van der Waals surface area contributed by atoms with Crippen LogP contribution in [-0.2, 0) is 41.7 Å². The van der Waals surface area contributed by atoms with Crippen molar-refractivity contribution in [1.29, 1.82) is 0 Å². The van der Waals surface area contributed by atoms with E-state index in [1.54, 1.807) is 24.3 Å². The Balaban J connectivity index is 0.915. The smallest absolute Gasteiger partial charge is 0.267 e. The third-order valence-corrected chi connectivity index (χ3v) is 10.2. The van der Waals surface area contributed by atoms with E-state index in [0.29, 0.717) is 45.1 Å². The van der Waals surface area contributed by atoms with Crippen molar-refractivity contribution in [1.82, 2.24) is 25.6 Å². The Labute approximate surface area is 324 Å². The van der Waals surface area contributed by atoms with Gasteiger partial charge in [-0.15, -0.1) is 0 Å². The van der Waals surface area contributed by atoms with Crippen molar-refractivity contribution in [2.45, 2.75) is 57.4 Å². The van der Waals surface area contributed by atoms with Gasteiger partial charge < -0.3 is 19.8 Å². The van der Waals surface area contributed by atoms with Crippen LogP contribution in [-0.4, -0.2) is 96.1 Å². The molecule has 0 bridgehead atoms. The summed E-state index contributed by atoms with van der Waals surface area (Å²) in [5.41, 5.74) is 7.72. The number of aromatic nitrogens is 1. The lowest BCUT2D eigenvalue weighted by Gasteiger charge is -2.27. The van der Waals surface area contributed by atoms with Crippen LogP contribution in [0.15, 0.2) is 79.0 Å². The van der Waals surface area contributed by atoms with Gasteiger partial charge in [-0.05, 0) is 66.6 Å². The summed E-state index contributed by atoms with van der Waals surface area (Å²) in [6, 6.07) is 20.3. The summed E-state index contributed by atoms with van der Waals surface area (Å²) in [7, 11) is 0. The quantitative estimate of drug-likeness (QED) is 0.0526. The van der Waals surface area contributed by atoms with Gasteiger partial charge >= 0.3 is 0 Å². The number of ether oxygens (including phenoxy) is 2. The Kier molecular flexibility index (Phi) is 12.6. The molecule has 2 saturated heterocycles. The Bertz CT molecular complexity index is 2090. The molecule has 14 nitrogen and oxygen atoms in total. The van der Waals surface area contributed by atoms with E-state index in [9.17, 15) is 24.0 Å². The van der Waals surface area contributed by atoms with Crippen LogP contribution in [0.2, 0.25) is 0 Å². The number of fused-ring (bicyclic) bond motifs is 2. The number of para-hydroxylation sites is 1. The molecule has 14 heteroatoms. The highest BCUT2D eigenvalue weighted by Gasteiger charge is 2.45. The number of H-pyrrole nitrogens is 1. The maximum absolute atomic E-state index is 13.4. The number of nitrogens with one attached hydrogen (secondary N) is 4. The van der Waals surface area contributed by atoms with Crippen molar-refractivity contribution in [3.8, 4) is 0 Å². The molecule has 3 aliphatic heterocycles. The first kappa shape index (κ1) is 38.6. The van der Waals surface area contributed by atoms with Gasteiger partial charge in [0.2, 0.25) is 11.8 Å². The molecular formula is C42H46N6O8. The summed E-state index contributed by atoms with van der Waals surface area (Å²) in [5, 5.41) is 6.66. The monoisotopic (exact) mass is 762 g/mol. The number of nitrogens with zero attached hydrogens (tertiary/aromatic N) is 2. The summed E-state index contributed by atoms with van der Waals surface area (Å²) in [5.74, 6) is -2.51. The number of aromatic amines is 1. The largest absolute Gasteiger partial charge is 0.382 e. The van der Waals surface area contributed by atoms with Crippen molar-refractivity contribution < 1.29 is 38.3 Å². The van der Waals surface area contributed by atoms with Crippen molar-refractivity contribution in [2.24, 2.45) is 0 Å². The van der Waals surface area contributed by atoms with Crippen LogP contribution in [0.4, 0.5) is 5.69 Å². The fourth-order valence-corrected chi connectivity index (χ4v) is 7.23. The normalized spacial score (nSPS) is 18.6. The van der Waals surface area contributed by atoms with Crippen LogP contribution in [0, 0.1) is 0 Å². The lowest BCUT2D eigenvalue weighted by atomic mass is 10.0. The van der Waals surface area contributed by atoms with Gasteiger partial charge in [-0.1, -0.05) is 48.5 Å². The van der Waals surface area contributed by atoms with Gasteiger partial charge in [0, 0.05) is 74.5 Å². The molecule has 2 atom stereocenters. The summed E-state index contributed by atoms with van der Waals surface area (Å²) >= 11 is 0. The molecule has 0 aliphatic carbocycles. The van der Waals surface area contributed by atoms with E-state index in [0.717, 1.165) is 53.8 Å². The second-order valence-corrected chi connectivity index (χ2v) is 14.1. The molecule has 0 radical (unpaired) electrons. The van der Waals surface area contributed by atoms with Crippen LogP contribution in [0.5, 0.6) is 0 Å². The number of amides is 5. The summed E-state index contributed by atoms with van der Waals surface area (Å²) in [6.45, 7) is 4.00. The van der Waals surface area contributed by atoms with Crippen molar-refractivity contribution in [3.63, 3.8) is 0 Å². The zero-order chi connectivity index (χ0) is 38.9. The highest BCUT2D eigenvalue weighted by molar-refractivity contribution is 6.25. The molecule has 1 aromatic heterocycles. The zero-order valence-corrected chi connectivity index (χ0v) is 31.1. The predicted molar refractivity (Wildman–Crippen MR) is 208 cm³/mol. The molecule has 4 N–H and O–H groups in total.